The Labute approximate surface area is 58.8 Å². The molecule has 1 saturated carbocycles. The molecule has 0 heterocycles. The van der Waals surface area contributed by atoms with Crippen molar-refractivity contribution in [1.29, 1.82) is 5.26 Å². The Kier molecular flexibility index (Phi) is 5.09. The van der Waals surface area contributed by atoms with Gasteiger partial charge < -0.3 is 0 Å². The van der Waals surface area contributed by atoms with Crippen LogP contribution in [0.4, 0.5) is 0 Å². The van der Waals surface area contributed by atoms with Crippen molar-refractivity contribution in [3.8, 4) is 6.57 Å². The summed E-state index contributed by atoms with van der Waals surface area (Å²) < 4.78 is 0. The maximum Gasteiger partial charge on any atom is 0.0462 e. The van der Waals surface area contributed by atoms with Gasteiger partial charge in [-0.05, 0) is 12.3 Å². The van der Waals surface area contributed by atoms with Crippen LogP contribution in [0.3, 0.4) is 0 Å². The highest BCUT2D eigenvalue weighted by molar-refractivity contribution is 9.09. The highest BCUT2D eigenvalue weighted by Gasteiger charge is 2.19. The first kappa shape index (κ1) is 7.97. The van der Waals surface area contributed by atoms with E-state index in [4.69, 9.17) is 5.26 Å². The van der Waals surface area contributed by atoms with E-state index in [2.05, 4.69) is 22.5 Å². The van der Waals surface area contributed by atoms with Gasteiger partial charge in [0.15, 0.2) is 0 Å². The van der Waals surface area contributed by atoms with E-state index in [0.717, 1.165) is 5.92 Å². The van der Waals surface area contributed by atoms with Crippen molar-refractivity contribution >= 4 is 15.9 Å². The van der Waals surface area contributed by atoms with Crippen LogP contribution in [0, 0.1) is 17.8 Å². The standard InChI is InChI=1S/C5H9Br.CHN/c6-4-3-5-1-2-5;1-2/h5H,1-4H2;1H. The normalized spacial score (nSPS) is 16.4. The molecule has 1 fully saturated rings. The van der Waals surface area contributed by atoms with E-state index in [9.17, 15) is 0 Å². The number of nitrogens with zero attached hydrogens (tertiary/aromatic N) is 1. The molecule has 0 aromatic rings. The number of hydrogen-bond acceptors (Lipinski definition) is 1. The van der Waals surface area contributed by atoms with E-state index in [1.807, 2.05) is 0 Å². The van der Waals surface area contributed by atoms with Crippen LogP contribution in [0.2, 0.25) is 0 Å². The molecule has 0 aromatic carbocycles. The second-order valence-electron chi connectivity index (χ2n) is 1.92. The van der Waals surface area contributed by atoms with Crippen LogP contribution in [0.15, 0.2) is 0 Å². The van der Waals surface area contributed by atoms with Crippen LogP contribution in [0.5, 0.6) is 0 Å². The minimum atomic E-state index is 1.10. The Morgan fingerprint density at radius 3 is 2.12 bits per heavy atom. The molecule has 0 saturated heterocycles. The molecule has 0 aliphatic heterocycles. The molecule has 0 spiro atoms. The van der Waals surface area contributed by atoms with Gasteiger partial charge in [0.1, 0.15) is 0 Å². The maximum atomic E-state index is 6.50. The fourth-order valence-corrected chi connectivity index (χ4v) is 1.21. The Balaban J connectivity index is 0.000000222. The SMILES string of the molecule is BrCCC1CC1.C#N. The quantitative estimate of drug-likeness (QED) is 0.592. The lowest BCUT2D eigenvalue weighted by Crippen LogP contribution is -1.72. The van der Waals surface area contributed by atoms with Gasteiger partial charge in [0.05, 0.1) is 0 Å². The number of halogens is 1. The van der Waals surface area contributed by atoms with Crippen molar-refractivity contribution in [3.05, 3.63) is 0 Å². The van der Waals surface area contributed by atoms with Crippen molar-refractivity contribution in [2.75, 3.05) is 5.33 Å². The molecule has 1 nitrogen and oxygen atoms in total. The highest BCUT2D eigenvalue weighted by atomic mass is 79.9. The molecule has 0 bridgehead atoms. The first-order valence-corrected chi connectivity index (χ1v) is 3.87. The highest BCUT2D eigenvalue weighted by Crippen LogP contribution is 2.32. The van der Waals surface area contributed by atoms with Crippen LogP contribution in [-0.4, -0.2) is 5.33 Å². The summed E-state index contributed by atoms with van der Waals surface area (Å²) in [5.74, 6) is 1.10. The van der Waals surface area contributed by atoms with Gasteiger partial charge in [-0.25, -0.2) is 5.26 Å². The Morgan fingerprint density at radius 1 is 1.50 bits per heavy atom. The van der Waals surface area contributed by atoms with E-state index < -0.39 is 0 Å². The van der Waals surface area contributed by atoms with E-state index in [1.165, 1.54) is 24.6 Å². The van der Waals surface area contributed by atoms with Gasteiger partial charge in [-0.1, -0.05) is 28.8 Å². The van der Waals surface area contributed by atoms with Crippen molar-refractivity contribution in [1.82, 2.24) is 0 Å². The van der Waals surface area contributed by atoms with E-state index in [1.54, 1.807) is 0 Å². The zero-order valence-corrected chi connectivity index (χ0v) is 6.39. The second kappa shape index (κ2) is 5.11. The molecule has 0 N–H and O–H groups in total. The van der Waals surface area contributed by atoms with Crippen LogP contribution in [0.1, 0.15) is 19.3 Å². The Hall–Kier alpha value is -0.0300. The molecule has 0 unspecified atom stereocenters. The number of hydrogen-bond donors (Lipinski definition) is 0. The van der Waals surface area contributed by atoms with Gasteiger partial charge in [0.2, 0.25) is 0 Å². The smallest absolute Gasteiger partial charge is 0.0462 e. The summed E-state index contributed by atoms with van der Waals surface area (Å²) in [4.78, 5) is 0. The summed E-state index contributed by atoms with van der Waals surface area (Å²) >= 11 is 3.39. The van der Waals surface area contributed by atoms with Gasteiger partial charge in [-0.2, -0.15) is 0 Å². The van der Waals surface area contributed by atoms with Gasteiger partial charge in [0.25, 0.3) is 0 Å². The predicted molar refractivity (Wildman–Crippen MR) is 37.8 cm³/mol. The molecular formula is C6H10BrN. The minimum absolute atomic E-state index is 1.10. The van der Waals surface area contributed by atoms with Crippen LogP contribution in [-0.2, 0) is 0 Å². The lowest BCUT2D eigenvalue weighted by molar-refractivity contribution is 0.813. The third kappa shape index (κ3) is 4.14. The van der Waals surface area contributed by atoms with Crippen LogP contribution < -0.4 is 0 Å². The molecule has 1 rings (SSSR count). The molecule has 46 valence electrons. The van der Waals surface area contributed by atoms with Crippen LogP contribution in [0.25, 0.3) is 0 Å². The van der Waals surface area contributed by atoms with E-state index in [0.29, 0.717) is 0 Å². The molecular weight excluding hydrogens is 166 g/mol. The molecule has 1 aliphatic carbocycles. The van der Waals surface area contributed by atoms with Crippen LogP contribution >= 0.6 is 15.9 Å². The first-order valence-electron chi connectivity index (χ1n) is 2.75. The van der Waals surface area contributed by atoms with Crippen molar-refractivity contribution in [3.63, 3.8) is 0 Å². The molecule has 8 heavy (non-hydrogen) atoms. The third-order valence-corrected chi connectivity index (χ3v) is 1.67. The Bertz CT molecular complexity index is 66.2. The third-order valence-electron chi connectivity index (χ3n) is 1.21. The zero-order valence-electron chi connectivity index (χ0n) is 4.81. The second-order valence-corrected chi connectivity index (χ2v) is 2.71. The molecule has 0 atom stereocenters. The lowest BCUT2D eigenvalue weighted by Gasteiger charge is -1.81. The average Bonchev–Trinajstić information content (AvgIpc) is 2.57. The van der Waals surface area contributed by atoms with Gasteiger partial charge in [-0.15, -0.1) is 0 Å². The number of nitriles is 1. The average molecular weight is 176 g/mol. The van der Waals surface area contributed by atoms with E-state index in [-0.39, 0.29) is 0 Å². The largest absolute Gasteiger partial charge is 0.202 e. The first-order chi connectivity index (χ1) is 3.93. The summed E-state index contributed by atoms with van der Waals surface area (Å²) in [5, 5.41) is 7.71. The van der Waals surface area contributed by atoms with Gasteiger partial charge in [-0.3, -0.25) is 0 Å². The molecule has 2 heteroatoms. The summed E-state index contributed by atoms with van der Waals surface area (Å²) in [7, 11) is 0. The van der Waals surface area contributed by atoms with Crippen molar-refractivity contribution < 1.29 is 0 Å². The van der Waals surface area contributed by atoms with E-state index >= 15 is 0 Å². The van der Waals surface area contributed by atoms with Crippen molar-refractivity contribution in [2.45, 2.75) is 19.3 Å². The summed E-state index contributed by atoms with van der Waals surface area (Å²) in [6.07, 6.45) is 4.39. The summed E-state index contributed by atoms with van der Waals surface area (Å²) in [6.45, 7) is 3.50. The minimum Gasteiger partial charge on any atom is -0.202 e. The van der Waals surface area contributed by atoms with Gasteiger partial charge >= 0.3 is 0 Å². The predicted octanol–water partition coefficient (Wildman–Crippen LogP) is 2.32. The maximum absolute atomic E-state index is 6.50. The Morgan fingerprint density at radius 2 is 2.00 bits per heavy atom. The van der Waals surface area contributed by atoms with Gasteiger partial charge in [0, 0.05) is 11.9 Å². The topological polar surface area (TPSA) is 23.8 Å². The molecule has 0 aromatic heterocycles. The number of rotatable bonds is 2. The molecule has 0 radical (unpaired) electrons. The fraction of sp³-hybridized carbons (Fsp3) is 0.833. The zero-order chi connectivity index (χ0) is 6.41. The fourth-order valence-electron chi connectivity index (χ4n) is 0.561. The summed E-state index contributed by atoms with van der Waals surface area (Å²) in [6, 6.07) is 0. The lowest BCUT2D eigenvalue weighted by atomic mass is 10.3. The summed E-state index contributed by atoms with van der Waals surface area (Å²) in [5.41, 5.74) is 0. The number of alkyl halides is 1. The van der Waals surface area contributed by atoms with Crippen molar-refractivity contribution in [2.24, 2.45) is 5.92 Å². The molecule has 0 amide bonds. The monoisotopic (exact) mass is 175 g/mol. The molecule has 1 aliphatic rings.